The number of benzene rings is 7. The second-order valence-corrected chi connectivity index (χ2v) is 14.8. The molecule has 0 unspecified atom stereocenters. The van der Waals surface area contributed by atoms with Crippen molar-refractivity contribution < 1.29 is 0 Å². The minimum absolute atomic E-state index is 0.592. The molecule has 0 atom stereocenters. The number of anilines is 6. The van der Waals surface area contributed by atoms with Crippen molar-refractivity contribution >= 4 is 34.4 Å². The van der Waals surface area contributed by atoms with Gasteiger partial charge in [0.05, 0.1) is 17.1 Å². The van der Waals surface area contributed by atoms with Gasteiger partial charge in [0, 0.05) is 29.3 Å². The molecule has 1 heterocycles. The molecule has 0 radical (unpaired) electrons. The van der Waals surface area contributed by atoms with E-state index < -0.39 is 0 Å². The van der Waals surface area contributed by atoms with E-state index in [9.17, 15) is 0 Å². The van der Waals surface area contributed by atoms with Crippen LogP contribution in [0.2, 0.25) is 0 Å². The summed E-state index contributed by atoms with van der Waals surface area (Å²) >= 11 is 0. The molecule has 0 spiro atoms. The van der Waals surface area contributed by atoms with Gasteiger partial charge in [0.2, 0.25) is 5.95 Å². The van der Waals surface area contributed by atoms with Crippen LogP contribution in [-0.2, 0) is 0 Å². The van der Waals surface area contributed by atoms with Crippen molar-refractivity contribution in [2.75, 3.05) is 9.80 Å². The standard InChI is InChI=1S/C52H46N4/c1-35-26-37(3)50(38(4)27-35)56(51-39(5)28-36(2)29-40(51)6)48-24-22-47(23-25-48)55(52-53-33-46(34-54-52)43-20-14-9-15-21-43)49-31-44(41-16-10-7-11-17-41)30-45(32-49)42-18-12-8-13-19-42/h7-34H,1-6H3. The lowest BCUT2D eigenvalue weighted by Gasteiger charge is -2.32. The Balaban J connectivity index is 1.31. The molecule has 0 aliphatic heterocycles. The van der Waals surface area contributed by atoms with Crippen LogP contribution in [0.15, 0.2) is 170 Å². The highest BCUT2D eigenvalue weighted by atomic mass is 15.3. The van der Waals surface area contributed by atoms with Crippen LogP contribution in [0.1, 0.15) is 33.4 Å². The highest BCUT2D eigenvalue weighted by Crippen LogP contribution is 2.44. The van der Waals surface area contributed by atoms with Crippen LogP contribution in [0.4, 0.5) is 34.4 Å². The minimum Gasteiger partial charge on any atom is -0.309 e. The van der Waals surface area contributed by atoms with Gasteiger partial charge in [0.1, 0.15) is 0 Å². The molecule has 7 aromatic carbocycles. The van der Waals surface area contributed by atoms with Gasteiger partial charge in [-0.2, -0.15) is 0 Å². The molecule has 56 heavy (non-hydrogen) atoms. The van der Waals surface area contributed by atoms with E-state index in [-0.39, 0.29) is 0 Å². The third-order valence-corrected chi connectivity index (χ3v) is 10.4. The average molecular weight is 727 g/mol. The highest BCUT2D eigenvalue weighted by molar-refractivity contribution is 5.87. The maximum absolute atomic E-state index is 5.03. The van der Waals surface area contributed by atoms with E-state index in [2.05, 4.69) is 191 Å². The first-order valence-corrected chi connectivity index (χ1v) is 19.2. The second-order valence-electron chi connectivity index (χ2n) is 14.8. The van der Waals surface area contributed by atoms with Gasteiger partial charge in [0.25, 0.3) is 0 Å². The summed E-state index contributed by atoms with van der Waals surface area (Å²) in [5.74, 6) is 0.592. The molecule has 0 fully saturated rings. The van der Waals surface area contributed by atoms with Gasteiger partial charge in [-0.1, -0.05) is 126 Å². The average Bonchev–Trinajstić information content (AvgIpc) is 3.21. The van der Waals surface area contributed by atoms with Crippen molar-refractivity contribution in [1.29, 1.82) is 0 Å². The Morgan fingerprint density at radius 2 is 0.679 bits per heavy atom. The zero-order valence-corrected chi connectivity index (χ0v) is 33.0. The summed E-state index contributed by atoms with van der Waals surface area (Å²) in [7, 11) is 0. The Morgan fingerprint density at radius 3 is 1.07 bits per heavy atom. The molecule has 1 aromatic heterocycles. The normalized spacial score (nSPS) is 11.0. The van der Waals surface area contributed by atoms with Crippen molar-refractivity contribution in [3.63, 3.8) is 0 Å². The number of rotatable bonds is 9. The molecule has 0 N–H and O–H groups in total. The maximum Gasteiger partial charge on any atom is 0.234 e. The molecular weight excluding hydrogens is 681 g/mol. The third kappa shape index (κ3) is 7.34. The van der Waals surface area contributed by atoms with Gasteiger partial charge in [-0.25, -0.2) is 9.97 Å². The minimum atomic E-state index is 0.592. The van der Waals surface area contributed by atoms with Crippen molar-refractivity contribution in [1.82, 2.24) is 9.97 Å². The topological polar surface area (TPSA) is 32.3 Å². The van der Waals surface area contributed by atoms with Gasteiger partial charge in [0.15, 0.2) is 0 Å². The molecule has 0 aliphatic carbocycles. The van der Waals surface area contributed by atoms with Gasteiger partial charge in [-0.05, 0) is 134 Å². The maximum atomic E-state index is 5.03. The lowest BCUT2D eigenvalue weighted by atomic mass is 9.97. The van der Waals surface area contributed by atoms with Crippen LogP contribution in [-0.4, -0.2) is 9.97 Å². The summed E-state index contributed by atoms with van der Waals surface area (Å²) < 4.78 is 0. The summed E-state index contributed by atoms with van der Waals surface area (Å²) in [4.78, 5) is 14.7. The zero-order valence-electron chi connectivity index (χ0n) is 33.0. The zero-order chi connectivity index (χ0) is 38.8. The number of nitrogens with zero attached hydrogens (tertiary/aromatic N) is 4. The van der Waals surface area contributed by atoms with Gasteiger partial charge < -0.3 is 4.90 Å². The third-order valence-electron chi connectivity index (χ3n) is 10.4. The molecule has 0 aliphatic rings. The first kappa shape index (κ1) is 36.2. The van der Waals surface area contributed by atoms with Crippen molar-refractivity contribution in [2.45, 2.75) is 41.5 Å². The van der Waals surface area contributed by atoms with Crippen molar-refractivity contribution in [3.05, 3.63) is 203 Å². The SMILES string of the molecule is Cc1cc(C)c(N(c2ccc(N(c3cc(-c4ccccc4)cc(-c4ccccc4)c3)c3ncc(-c4ccccc4)cn3)cc2)c2c(C)cc(C)cc2C)c(C)c1. The van der Waals surface area contributed by atoms with Crippen LogP contribution in [0.25, 0.3) is 33.4 Å². The Labute approximate surface area is 331 Å². The first-order chi connectivity index (χ1) is 27.2. The predicted octanol–water partition coefficient (Wildman–Crippen LogP) is 14.3. The second kappa shape index (κ2) is 15.5. The van der Waals surface area contributed by atoms with E-state index in [0.717, 1.165) is 50.4 Å². The number of aromatic nitrogens is 2. The summed E-state index contributed by atoms with van der Waals surface area (Å²) in [5, 5.41) is 0. The van der Waals surface area contributed by atoms with E-state index >= 15 is 0 Å². The molecular formula is C52H46N4. The molecule has 274 valence electrons. The number of hydrogen-bond donors (Lipinski definition) is 0. The number of aryl methyl sites for hydroxylation is 6. The smallest absolute Gasteiger partial charge is 0.234 e. The van der Waals surface area contributed by atoms with Gasteiger partial charge in [-0.15, -0.1) is 0 Å². The van der Waals surface area contributed by atoms with Gasteiger partial charge in [-0.3, -0.25) is 4.90 Å². The fourth-order valence-electron chi connectivity index (χ4n) is 8.10. The van der Waals surface area contributed by atoms with Crippen LogP contribution in [0.3, 0.4) is 0 Å². The fourth-order valence-corrected chi connectivity index (χ4v) is 8.10. The molecule has 0 amide bonds. The summed E-state index contributed by atoms with van der Waals surface area (Å²) in [6.45, 7) is 13.2. The van der Waals surface area contributed by atoms with Crippen LogP contribution in [0, 0.1) is 41.5 Å². The fraction of sp³-hybridized carbons (Fsp3) is 0.115. The molecule has 4 heteroatoms. The van der Waals surface area contributed by atoms with Crippen LogP contribution < -0.4 is 9.80 Å². The number of hydrogen-bond acceptors (Lipinski definition) is 4. The Hall–Kier alpha value is -6.78. The largest absolute Gasteiger partial charge is 0.309 e. The Kier molecular flexibility index (Phi) is 10.0. The molecule has 4 nitrogen and oxygen atoms in total. The molecule has 0 bridgehead atoms. The Bertz CT molecular complexity index is 2450. The van der Waals surface area contributed by atoms with E-state index in [1.54, 1.807) is 0 Å². The monoisotopic (exact) mass is 726 g/mol. The molecule has 0 saturated heterocycles. The van der Waals surface area contributed by atoms with Gasteiger partial charge >= 0.3 is 0 Å². The molecule has 8 rings (SSSR count). The highest BCUT2D eigenvalue weighted by Gasteiger charge is 2.23. The summed E-state index contributed by atoms with van der Waals surface area (Å²) in [6, 6.07) is 56.2. The molecule has 0 saturated carbocycles. The van der Waals surface area contributed by atoms with Crippen LogP contribution in [0.5, 0.6) is 0 Å². The van der Waals surface area contributed by atoms with E-state index in [0.29, 0.717) is 5.95 Å². The predicted molar refractivity (Wildman–Crippen MR) is 236 cm³/mol. The molecule has 8 aromatic rings. The van der Waals surface area contributed by atoms with Crippen LogP contribution >= 0.6 is 0 Å². The van der Waals surface area contributed by atoms with E-state index in [1.165, 1.54) is 44.8 Å². The Morgan fingerprint density at radius 1 is 0.321 bits per heavy atom. The first-order valence-electron chi connectivity index (χ1n) is 19.2. The summed E-state index contributed by atoms with van der Waals surface area (Å²) in [6.07, 6.45) is 3.84. The quantitative estimate of drug-likeness (QED) is 0.148. The van der Waals surface area contributed by atoms with Crippen molar-refractivity contribution in [3.8, 4) is 33.4 Å². The lowest BCUT2D eigenvalue weighted by Crippen LogP contribution is -2.17. The summed E-state index contributed by atoms with van der Waals surface area (Å²) in [5.41, 5.74) is 19.5. The van der Waals surface area contributed by atoms with E-state index in [4.69, 9.17) is 9.97 Å². The van der Waals surface area contributed by atoms with E-state index in [1.807, 2.05) is 30.6 Å². The van der Waals surface area contributed by atoms with Crippen molar-refractivity contribution in [2.24, 2.45) is 0 Å². The lowest BCUT2D eigenvalue weighted by molar-refractivity contribution is 1.08.